The van der Waals surface area contributed by atoms with Crippen molar-refractivity contribution in [1.82, 2.24) is 15.1 Å². The molecule has 0 aliphatic heterocycles. The predicted octanol–water partition coefficient (Wildman–Crippen LogP) is 4.35. The lowest BCUT2D eigenvalue weighted by atomic mass is 10.0. The Morgan fingerprint density at radius 1 is 1.15 bits per heavy atom. The van der Waals surface area contributed by atoms with E-state index in [1.807, 2.05) is 0 Å². The van der Waals surface area contributed by atoms with E-state index in [1.165, 1.54) is 6.07 Å². The van der Waals surface area contributed by atoms with E-state index < -0.39 is 5.82 Å². The van der Waals surface area contributed by atoms with Gasteiger partial charge in [0.2, 0.25) is 0 Å². The molecule has 2 heterocycles. The number of fused-ring (bicyclic) bond motifs is 1. The fourth-order valence-corrected chi connectivity index (χ4v) is 2.57. The highest BCUT2D eigenvalue weighted by Crippen LogP contribution is 2.35. The third kappa shape index (κ3) is 2.03. The Balaban J connectivity index is 2.39. The molecule has 102 valence electrons. The summed E-state index contributed by atoms with van der Waals surface area (Å²) < 4.78 is 19.0. The first-order valence-corrected chi connectivity index (χ1v) is 6.48. The number of aryl methyl sites for hydroxylation is 2. The highest BCUT2D eigenvalue weighted by atomic mass is 35.5. The van der Waals surface area contributed by atoms with Gasteiger partial charge in [-0.1, -0.05) is 28.4 Å². The molecule has 0 N–H and O–H groups in total. The Labute approximate surface area is 123 Å². The minimum atomic E-state index is -0.522. The van der Waals surface area contributed by atoms with Gasteiger partial charge in [-0.2, -0.15) is 4.98 Å². The van der Waals surface area contributed by atoms with Crippen LogP contribution in [0, 0.1) is 19.7 Å². The molecule has 20 heavy (non-hydrogen) atoms. The summed E-state index contributed by atoms with van der Waals surface area (Å²) in [5, 5.41) is 4.68. The molecular weight excluding hydrogens is 304 g/mol. The SMILES string of the molecule is Cc1noc(-c2c(Cl)nc3c(F)cc(Cl)cc3c2C)n1. The quantitative estimate of drug-likeness (QED) is 0.627. The predicted molar refractivity (Wildman–Crippen MR) is 74.5 cm³/mol. The number of benzene rings is 1. The van der Waals surface area contributed by atoms with Gasteiger partial charge in [0, 0.05) is 10.4 Å². The van der Waals surface area contributed by atoms with Crippen LogP contribution in [0.5, 0.6) is 0 Å². The number of rotatable bonds is 1. The van der Waals surface area contributed by atoms with Gasteiger partial charge in [-0.25, -0.2) is 9.37 Å². The molecule has 7 heteroatoms. The summed E-state index contributed by atoms with van der Waals surface area (Å²) in [4.78, 5) is 8.19. The summed E-state index contributed by atoms with van der Waals surface area (Å²) in [5.41, 5.74) is 1.34. The van der Waals surface area contributed by atoms with E-state index >= 15 is 0 Å². The second kappa shape index (κ2) is 4.68. The smallest absolute Gasteiger partial charge is 0.261 e. The maximum absolute atomic E-state index is 13.9. The van der Waals surface area contributed by atoms with Crippen molar-refractivity contribution in [2.75, 3.05) is 0 Å². The summed E-state index contributed by atoms with van der Waals surface area (Å²) in [6, 6.07) is 2.83. The molecule has 0 unspecified atom stereocenters. The molecule has 0 aliphatic rings. The van der Waals surface area contributed by atoms with Gasteiger partial charge < -0.3 is 4.52 Å². The molecular formula is C13H8Cl2FN3O. The number of hydrogen-bond acceptors (Lipinski definition) is 4. The van der Waals surface area contributed by atoms with Crippen molar-refractivity contribution < 1.29 is 8.91 Å². The highest BCUT2D eigenvalue weighted by molar-refractivity contribution is 6.33. The topological polar surface area (TPSA) is 51.8 Å². The second-order valence-electron chi connectivity index (χ2n) is 4.33. The van der Waals surface area contributed by atoms with Crippen molar-refractivity contribution >= 4 is 34.1 Å². The first kappa shape index (κ1) is 13.3. The third-order valence-electron chi connectivity index (χ3n) is 2.96. The van der Waals surface area contributed by atoms with Crippen LogP contribution in [0.25, 0.3) is 22.4 Å². The van der Waals surface area contributed by atoms with Crippen LogP contribution in [0.4, 0.5) is 4.39 Å². The monoisotopic (exact) mass is 311 g/mol. The molecule has 0 radical (unpaired) electrons. The lowest BCUT2D eigenvalue weighted by molar-refractivity contribution is 0.425. The summed E-state index contributed by atoms with van der Waals surface area (Å²) in [5.74, 6) is 0.207. The van der Waals surface area contributed by atoms with Gasteiger partial charge in [0.05, 0.1) is 5.56 Å². The van der Waals surface area contributed by atoms with Crippen molar-refractivity contribution in [3.8, 4) is 11.5 Å². The Bertz CT molecular complexity index is 832. The van der Waals surface area contributed by atoms with E-state index in [0.29, 0.717) is 22.3 Å². The van der Waals surface area contributed by atoms with Crippen LogP contribution in [-0.2, 0) is 0 Å². The van der Waals surface area contributed by atoms with Gasteiger partial charge in [-0.3, -0.25) is 0 Å². The zero-order chi connectivity index (χ0) is 14.4. The van der Waals surface area contributed by atoms with Crippen LogP contribution < -0.4 is 0 Å². The molecule has 0 fully saturated rings. The molecule has 0 bridgehead atoms. The van der Waals surface area contributed by atoms with Crippen molar-refractivity contribution in [3.63, 3.8) is 0 Å². The lowest BCUT2D eigenvalue weighted by Crippen LogP contribution is -1.94. The minimum absolute atomic E-state index is 0.111. The molecule has 1 aromatic carbocycles. The Hall–Kier alpha value is -1.72. The number of nitrogens with zero attached hydrogens (tertiary/aromatic N) is 3. The van der Waals surface area contributed by atoms with Gasteiger partial charge >= 0.3 is 0 Å². The maximum atomic E-state index is 13.9. The van der Waals surface area contributed by atoms with Crippen molar-refractivity contribution in [2.24, 2.45) is 0 Å². The Kier molecular flexibility index (Phi) is 3.11. The van der Waals surface area contributed by atoms with Crippen LogP contribution in [0.3, 0.4) is 0 Å². The van der Waals surface area contributed by atoms with Crippen LogP contribution in [0.15, 0.2) is 16.7 Å². The first-order valence-electron chi connectivity index (χ1n) is 5.73. The van der Waals surface area contributed by atoms with Crippen molar-refractivity contribution in [2.45, 2.75) is 13.8 Å². The molecule has 0 atom stereocenters. The fourth-order valence-electron chi connectivity index (χ4n) is 2.06. The summed E-state index contributed by atoms with van der Waals surface area (Å²) in [7, 11) is 0. The minimum Gasteiger partial charge on any atom is -0.334 e. The number of hydrogen-bond donors (Lipinski definition) is 0. The second-order valence-corrected chi connectivity index (χ2v) is 5.13. The zero-order valence-electron chi connectivity index (χ0n) is 10.5. The van der Waals surface area contributed by atoms with E-state index in [-0.39, 0.29) is 21.6 Å². The van der Waals surface area contributed by atoms with Gasteiger partial charge in [0.25, 0.3) is 5.89 Å². The molecule has 3 aromatic rings. The fraction of sp³-hybridized carbons (Fsp3) is 0.154. The van der Waals surface area contributed by atoms with Crippen LogP contribution in [0.2, 0.25) is 10.2 Å². The Morgan fingerprint density at radius 2 is 1.90 bits per heavy atom. The van der Waals surface area contributed by atoms with Crippen molar-refractivity contribution in [3.05, 3.63) is 39.5 Å². The lowest BCUT2D eigenvalue weighted by Gasteiger charge is -2.09. The molecule has 3 rings (SSSR count). The molecule has 0 spiro atoms. The third-order valence-corrected chi connectivity index (χ3v) is 3.46. The number of halogens is 3. The largest absolute Gasteiger partial charge is 0.334 e. The molecule has 0 saturated carbocycles. The molecule has 2 aromatic heterocycles. The Morgan fingerprint density at radius 3 is 2.55 bits per heavy atom. The van der Waals surface area contributed by atoms with Crippen LogP contribution in [0.1, 0.15) is 11.4 Å². The molecule has 0 aliphatic carbocycles. The van der Waals surface area contributed by atoms with Gasteiger partial charge in [-0.05, 0) is 31.5 Å². The normalized spacial score (nSPS) is 11.2. The van der Waals surface area contributed by atoms with E-state index in [9.17, 15) is 4.39 Å². The first-order chi connectivity index (χ1) is 9.47. The summed E-state index contributed by atoms with van der Waals surface area (Å²) >= 11 is 12.0. The summed E-state index contributed by atoms with van der Waals surface area (Å²) in [6.45, 7) is 3.47. The average molecular weight is 312 g/mol. The summed E-state index contributed by atoms with van der Waals surface area (Å²) in [6.07, 6.45) is 0. The molecule has 0 amide bonds. The number of aromatic nitrogens is 3. The highest BCUT2D eigenvalue weighted by Gasteiger charge is 2.19. The average Bonchev–Trinajstić information content (AvgIpc) is 2.78. The van der Waals surface area contributed by atoms with E-state index in [0.717, 1.165) is 0 Å². The number of pyridine rings is 1. The molecule has 0 saturated heterocycles. The van der Waals surface area contributed by atoms with E-state index in [1.54, 1.807) is 19.9 Å². The zero-order valence-corrected chi connectivity index (χ0v) is 12.1. The molecule has 4 nitrogen and oxygen atoms in total. The van der Waals surface area contributed by atoms with E-state index in [4.69, 9.17) is 27.7 Å². The standard InChI is InChI=1S/C13H8Cl2FN3O/c1-5-8-3-7(14)4-9(16)11(8)18-12(15)10(5)13-17-6(2)19-20-13/h3-4H,1-2H3. The van der Waals surface area contributed by atoms with Gasteiger partial charge in [0.15, 0.2) is 11.6 Å². The van der Waals surface area contributed by atoms with Gasteiger partial charge in [0.1, 0.15) is 10.7 Å². The van der Waals surface area contributed by atoms with Gasteiger partial charge in [-0.15, -0.1) is 0 Å². The van der Waals surface area contributed by atoms with Crippen molar-refractivity contribution in [1.29, 1.82) is 0 Å². The van der Waals surface area contributed by atoms with E-state index in [2.05, 4.69) is 15.1 Å². The van der Waals surface area contributed by atoms with Crippen LogP contribution >= 0.6 is 23.2 Å². The van der Waals surface area contributed by atoms with Crippen LogP contribution in [-0.4, -0.2) is 15.1 Å². The maximum Gasteiger partial charge on any atom is 0.261 e.